The smallest absolute Gasteiger partial charge is 0.250 e. The van der Waals surface area contributed by atoms with Crippen LogP contribution in [-0.2, 0) is 6.42 Å². The van der Waals surface area contributed by atoms with E-state index in [0.29, 0.717) is 12.0 Å². The number of hydrogen-bond donors (Lipinski definition) is 3. The van der Waals surface area contributed by atoms with Crippen molar-refractivity contribution in [1.82, 2.24) is 0 Å². The number of aryl methyl sites for hydroxylation is 1. The normalized spacial score (nSPS) is 10.2. The van der Waals surface area contributed by atoms with Crippen molar-refractivity contribution in [2.75, 3.05) is 0 Å². The van der Waals surface area contributed by atoms with E-state index in [1.54, 1.807) is 6.07 Å². The molecule has 0 fully saturated rings. The number of rotatable bonds is 6. The van der Waals surface area contributed by atoms with Gasteiger partial charge in [-0.25, -0.2) is 0 Å². The molecule has 0 spiro atoms. The summed E-state index contributed by atoms with van der Waals surface area (Å²) in [6, 6.07) is 2.99. The first kappa shape index (κ1) is 14.7. The number of nitrogens with two attached hydrogens (primary N) is 3. The van der Waals surface area contributed by atoms with Crippen LogP contribution < -0.4 is 17.2 Å². The van der Waals surface area contributed by atoms with E-state index in [1.165, 1.54) is 6.07 Å². The van der Waals surface area contributed by atoms with Crippen molar-refractivity contribution < 1.29 is 14.4 Å². The maximum absolute atomic E-state index is 11.5. The molecule has 0 unspecified atom stereocenters. The molecular weight excluding hydrogens is 246 g/mol. The molecule has 0 aliphatic heterocycles. The molecule has 0 atom stereocenters. The number of amides is 3. The third kappa shape index (κ3) is 3.09. The van der Waals surface area contributed by atoms with Crippen LogP contribution in [0.3, 0.4) is 0 Å². The predicted octanol–water partition coefficient (Wildman–Crippen LogP) is 0.326. The lowest BCUT2D eigenvalue weighted by Gasteiger charge is -2.13. The van der Waals surface area contributed by atoms with Gasteiger partial charge in [0.2, 0.25) is 17.7 Å². The van der Waals surface area contributed by atoms with Crippen LogP contribution in [0, 0.1) is 0 Å². The molecule has 0 heterocycles. The molecule has 6 nitrogen and oxygen atoms in total. The highest BCUT2D eigenvalue weighted by Crippen LogP contribution is 2.21. The van der Waals surface area contributed by atoms with Gasteiger partial charge in [0.1, 0.15) is 0 Å². The number of benzene rings is 1. The minimum Gasteiger partial charge on any atom is -0.366 e. The van der Waals surface area contributed by atoms with Crippen molar-refractivity contribution in [3.05, 3.63) is 34.4 Å². The summed E-state index contributed by atoms with van der Waals surface area (Å²) in [6.45, 7) is 2.00. The lowest BCUT2D eigenvalue weighted by Crippen LogP contribution is -2.27. The van der Waals surface area contributed by atoms with Crippen molar-refractivity contribution in [2.45, 2.75) is 26.2 Å². The third-order valence-electron chi connectivity index (χ3n) is 2.85. The second-order valence-electron chi connectivity index (χ2n) is 4.22. The molecule has 0 aliphatic rings. The highest BCUT2D eigenvalue weighted by molar-refractivity contribution is 6.13. The van der Waals surface area contributed by atoms with E-state index in [9.17, 15) is 14.4 Å². The quantitative estimate of drug-likeness (QED) is 0.683. The maximum Gasteiger partial charge on any atom is 0.250 e. The SMILES string of the molecule is CCCCc1ccc(C(N)=O)c(C(N)=O)c1C(N)=O. The Hall–Kier alpha value is -2.37. The topological polar surface area (TPSA) is 129 Å². The Morgan fingerprint density at radius 2 is 1.53 bits per heavy atom. The molecule has 19 heavy (non-hydrogen) atoms. The number of primary amides is 3. The number of carbonyl (C=O) groups is 3. The summed E-state index contributed by atoms with van der Waals surface area (Å²) in [5.74, 6) is -2.50. The molecule has 0 aromatic heterocycles. The monoisotopic (exact) mass is 263 g/mol. The average molecular weight is 263 g/mol. The Kier molecular flexibility index (Phi) is 4.63. The predicted molar refractivity (Wildman–Crippen MR) is 70.6 cm³/mol. The largest absolute Gasteiger partial charge is 0.366 e. The zero-order chi connectivity index (χ0) is 14.6. The fourth-order valence-electron chi connectivity index (χ4n) is 1.96. The zero-order valence-electron chi connectivity index (χ0n) is 10.7. The van der Waals surface area contributed by atoms with Gasteiger partial charge in [-0.15, -0.1) is 0 Å². The van der Waals surface area contributed by atoms with E-state index in [4.69, 9.17) is 17.2 Å². The molecule has 1 aromatic rings. The average Bonchev–Trinajstić information content (AvgIpc) is 2.34. The fraction of sp³-hybridized carbons (Fsp3) is 0.308. The maximum atomic E-state index is 11.5. The van der Waals surface area contributed by atoms with Crippen LogP contribution in [0.2, 0.25) is 0 Å². The summed E-state index contributed by atoms with van der Waals surface area (Å²) in [5.41, 5.74) is 16.0. The van der Waals surface area contributed by atoms with Crippen molar-refractivity contribution in [2.24, 2.45) is 17.2 Å². The summed E-state index contributed by atoms with van der Waals surface area (Å²) in [6.07, 6.45) is 2.32. The first-order chi connectivity index (χ1) is 8.90. The molecule has 3 amide bonds. The molecule has 6 N–H and O–H groups in total. The molecule has 1 aromatic carbocycles. The molecule has 102 valence electrons. The molecular formula is C13H17N3O3. The van der Waals surface area contributed by atoms with Gasteiger partial charge in [0.25, 0.3) is 0 Å². The van der Waals surface area contributed by atoms with Gasteiger partial charge in [-0.2, -0.15) is 0 Å². The van der Waals surface area contributed by atoms with Gasteiger partial charge in [0.15, 0.2) is 0 Å². The second kappa shape index (κ2) is 5.99. The molecule has 0 aliphatic carbocycles. The molecule has 0 saturated carbocycles. The Balaban J connectivity index is 3.54. The van der Waals surface area contributed by atoms with Crippen LogP contribution >= 0.6 is 0 Å². The van der Waals surface area contributed by atoms with Crippen LogP contribution in [0.5, 0.6) is 0 Å². The van der Waals surface area contributed by atoms with E-state index in [-0.39, 0.29) is 16.7 Å². The summed E-state index contributed by atoms with van der Waals surface area (Å²) >= 11 is 0. The summed E-state index contributed by atoms with van der Waals surface area (Å²) in [7, 11) is 0. The second-order valence-corrected chi connectivity index (χ2v) is 4.22. The number of carbonyl (C=O) groups excluding carboxylic acids is 3. The van der Waals surface area contributed by atoms with E-state index in [1.807, 2.05) is 6.92 Å². The van der Waals surface area contributed by atoms with Crippen molar-refractivity contribution in [1.29, 1.82) is 0 Å². The van der Waals surface area contributed by atoms with Gasteiger partial charge in [-0.05, 0) is 24.5 Å². The summed E-state index contributed by atoms with van der Waals surface area (Å²) < 4.78 is 0. The van der Waals surface area contributed by atoms with Gasteiger partial charge in [0, 0.05) is 0 Å². The Morgan fingerprint density at radius 3 is 1.95 bits per heavy atom. The van der Waals surface area contributed by atoms with Crippen LogP contribution in [-0.4, -0.2) is 17.7 Å². The minimum atomic E-state index is -0.888. The van der Waals surface area contributed by atoms with Gasteiger partial charge in [-0.3, -0.25) is 14.4 Å². The lowest BCUT2D eigenvalue weighted by atomic mass is 9.92. The molecule has 0 bridgehead atoms. The lowest BCUT2D eigenvalue weighted by molar-refractivity contribution is 0.0953. The molecule has 6 heteroatoms. The Bertz CT molecular complexity index is 538. The highest BCUT2D eigenvalue weighted by atomic mass is 16.2. The van der Waals surface area contributed by atoms with E-state index in [2.05, 4.69) is 0 Å². The van der Waals surface area contributed by atoms with Gasteiger partial charge in [-0.1, -0.05) is 19.4 Å². The number of hydrogen-bond acceptors (Lipinski definition) is 3. The molecule has 0 radical (unpaired) electrons. The van der Waals surface area contributed by atoms with Crippen LogP contribution in [0.15, 0.2) is 12.1 Å². The van der Waals surface area contributed by atoms with Gasteiger partial charge < -0.3 is 17.2 Å². The fourth-order valence-corrected chi connectivity index (χ4v) is 1.96. The molecule has 1 rings (SSSR count). The highest BCUT2D eigenvalue weighted by Gasteiger charge is 2.23. The van der Waals surface area contributed by atoms with E-state index >= 15 is 0 Å². The van der Waals surface area contributed by atoms with Crippen molar-refractivity contribution in [3.8, 4) is 0 Å². The molecule has 0 saturated heterocycles. The van der Waals surface area contributed by atoms with Crippen molar-refractivity contribution >= 4 is 17.7 Å². The first-order valence-corrected chi connectivity index (χ1v) is 5.95. The first-order valence-electron chi connectivity index (χ1n) is 5.95. The van der Waals surface area contributed by atoms with Gasteiger partial charge in [0.05, 0.1) is 16.7 Å². The van der Waals surface area contributed by atoms with Crippen LogP contribution in [0.25, 0.3) is 0 Å². The standard InChI is InChI=1S/C13H17N3O3/c1-2-3-4-7-5-6-8(11(14)17)10(13(16)19)9(7)12(15)18/h5-6H,2-4H2,1H3,(H2,14,17)(H2,15,18)(H2,16,19). The van der Waals surface area contributed by atoms with Crippen LogP contribution in [0.1, 0.15) is 56.4 Å². The van der Waals surface area contributed by atoms with E-state index in [0.717, 1.165) is 12.8 Å². The third-order valence-corrected chi connectivity index (χ3v) is 2.85. The summed E-state index contributed by atoms with van der Waals surface area (Å²) in [5, 5.41) is 0. The van der Waals surface area contributed by atoms with Crippen molar-refractivity contribution in [3.63, 3.8) is 0 Å². The minimum absolute atomic E-state index is 0.00255. The number of unbranched alkanes of at least 4 members (excludes halogenated alkanes) is 1. The van der Waals surface area contributed by atoms with Crippen LogP contribution in [0.4, 0.5) is 0 Å². The zero-order valence-corrected chi connectivity index (χ0v) is 10.7. The van der Waals surface area contributed by atoms with E-state index < -0.39 is 17.7 Å². The Morgan fingerprint density at radius 1 is 0.947 bits per heavy atom. The van der Waals surface area contributed by atoms with Gasteiger partial charge >= 0.3 is 0 Å². The summed E-state index contributed by atoms with van der Waals surface area (Å²) in [4.78, 5) is 34.3. The Labute approximate surface area is 110 Å².